The van der Waals surface area contributed by atoms with Gasteiger partial charge in [-0.25, -0.2) is 0 Å². The predicted octanol–water partition coefficient (Wildman–Crippen LogP) is 3.07. The van der Waals surface area contributed by atoms with E-state index in [0.29, 0.717) is 12.2 Å². The maximum atomic E-state index is 11.7. The molecule has 0 amide bonds. The molecule has 0 rings (SSSR count). The van der Waals surface area contributed by atoms with Gasteiger partial charge in [0.2, 0.25) is 0 Å². The van der Waals surface area contributed by atoms with Crippen LogP contribution in [0.25, 0.3) is 0 Å². The Balaban J connectivity index is 3.64. The van der Waals surface area contributed by atoms with Crippen LogP contribution in [-0.4, -0.2) is 11.8 Å². The Hall–Kier alpha value is -0.630. The Kier molecular flexibility index (Phi) is 7.31. The summed E-state index contributed by atoms with van der Waals surface area (Å²) in [4.78, 5) is 11.7. The van der Waals surface area contributed by atoms with E-state index in [4.69, 9.17) is 5.73 Å². The van der Waals surface area contributed by atoms with E-state index in [2.05, 4.69) is 6.58 Å². The fourth-order valence-corrected chi connectivity index (χ4v) is 1.49. The van der Waals surface area contributed by atoms with Crippen LogP contribution in [-0.2, 0) is 4.79 Å². The van der Waals surface area contributed by atoms with Crippen molar-refractivity contribution in [3.63, 3.8) is 0 Å². The van der Waals surface area contributed by atoms with Gasteiger partial charge < -0.3 is 5.73 Å². The van der Waals surface area contributed by atoms with E-state index in [-0.39, 0.29) is 12.0 Å². The van der Waals surface area contributed by atoms with Crippen molar-refractivity contribution in [1.82, 2.24) is 0 Å². The quantitative estimate of drug-likeness (QED) is 0.627. The Morgan fingerprint density at radius 3 is 2.33 bits per heavy atom. The average Bonchev–Trinajstić information content (AvgIpc) is 2.13. The zero-order valence-corrected chi connectivity index (χ0v) is 10.4. The van der Waals surface area contributed by atoms with E-state index >= 15 is 0 Å². The van der Waals surface area contributed by atoms with Crippen LogP contribution in [0.4, 0.5) is 0 Å². The molecule has 0 aliphatic heterocycles. The number of carbonyl (C=O) groups excluding carboxylic acids is 1. The molecule has 0 aromatic rings. The smallest absolute Gasteiger partial charge is 0.136 e. The molecule has 0 heterocycles. The summed E-state index contributed by atoms with van der Waals surface area (Å²) < 4.78 is 0. The van der Waals surface area contributed by atoms with Gasteiger partial charge in [-0.15, -0.1) is 6.58 Å². The average molecular weight is 211 g/mol. The van der Waals surface area contributed by atoms with Gasteiger partial charge in [0.15, 0.2) is 0 Å². The fraction of sp³-hybridized carbons (Fsp3) is 0.769. The highest BCUT2D eigenvalue weighted by molar-refractivity contribution is 5.80. The van der Waals surface area contributed by atoms with Crippen molar-refractivity contribution in [2.24, 2.45) is 11.7 Å². The molecule has 0 bridgehead atoms. The molecular formula is C13H25NO. The number of rotatable bonds is 8. The third kappa shape index (κ3) is 8.37. The van der Waals surface area contributed by atoms with Gasteiger partial charge in [0, 0.05) is 18.4 Å². The number of hydrogen-bond acceptors (Lipinski definition) is 2. The lowest BCUT2D eigenvalue weighted by molar-refractivity contribution is -0.122. The summed E-state index contributed by atoms with van der Waals surface area (Å²) in [5.41, 5.74) is 6.75. The van der Waals surface area contributed by atoms with Crippen LogP contribution >= 0.6 is 0 Å². The highest BCUT2D eigenvalue weighted by Gasteiger charge is 2.12. The third-order valence-electron chi connectivity index (χ3n) is 2.64. The first-order valence-electron chi connectivity index (χ1n) is 5.86. The first-order valence-corrected chi connectivity index (χ1v) is 5.86. The minimum absolute atomic E-state index is 0.183. The van der Waals surface area contributed by atoms with Gasteiger partial charge in [-0.1, -0.05) is 18.9 Å². The Morgan fingerprint density at radius 2 is 1.87 bits per heavy atom. The van der Waals surface area contributed by atoms with E-state index in [1.54, 1.807) is 0 Å². The molecule has 2 heteroatoms. The lowest BCUT2D eigenvalue weighted by atomic mass is 9.94. The number of carbonyl (C=O) groups is 1. The van der Waals surface area contributed by atoms with Gasteiger partial charge in [0.25, 0.3) is 0 Å². The second-order valence-corrected chi connectivity index (χ2v) is 4.73. The summed E-state index contributed by atoms with van der Waals surface area (Å²) >= 11 is 0. The van der Waals surface area contributed by atoms with Crippen molar-refractivity contribution in [2.75, 3.05) is 0 Å². The SMILES string of the molecule is C=C(C)CCC(=O)C(C)CCCC(C)N. The van der Waals surface area contributed by atoms with Crippen LogP contribution in [0.2, 0.25) is 0 Å². The minimum Gasteiger partial charge on any atom is -0.328 e. The largest absolute Gasteiger partial charge is 0.328 e. The second-order valence-electron chi connectivity index (χ2n) is 4.73. The van der Waals surface area contributed by atoms with Crippen molar-refractivity contribution in [3.8, 4) is 0 Å². The summed E-state index contributed by atoms with van der Waals surface area (Å²) in [6.07, 6.45) is 4.51. The van der Waals surface area contributed by atoms with E-state index in [1.165, 1.54) is 0 Å². The molecule has 0 aliphatic carbocycles. The van der Waals surface area contributed by atoms with Crippen molar-refractivity contribution >= 4 is 5.78 Å². The summed E-state index contributed by atoms with van der Waals surface area (Å²) in [5, 5.41) is 0. The number of Topliss-reactive ketones (excluding diaryl/α,β-unsaturated/α-hetero) is 1. The molecule has 15 heavy (non-hydrogen) atoms. The molecule has 0 saturated heterocycles. The van der Waals surface area contributed by atoms with Gasteiger partial charge in [-0.2, -0.15) is 0 Å². The Morgan fingerprint density at radius 1 is 1.27 bits per heavy atom. The van der Waals surface area contributed by atoms with E-state index in [0.717, 1.165) is 31.3 Å². The van der Waals surface area contributed by atoms with Crippen molar-refractivity contribution in [1.29, 1.82) is 0 Å². The van der Waals surface area contributed by atoms with Gasteiger partial charge in [0.05, 0.1) is 0 Å². The Labute approximate surface area is 93.9 Å². The molecule has 2 atom stereocenters. The predicted molar refractivity (Wildman–Crippen MR) is 65.7 cm³/mol. The van der Waals surface area contributed by atoms with Gasteiger partial charge >= 0.3 is 0 Å². The summed E-state index contributed by atoms with van der Waals surface area (Å²) in [6, 6.07) is 0.253. The highest BCUT2D eigenvalue weighted by Crippen LogP contribution is 2.14. The lowest BCUT2D eigenvalue weighted by Crippen LogP contribution is -2.16. The molecule has 2 N–H and O–H groups in total. The standard InChI is InChI=1S/C13H25NO/c1-10(2)8-9-13(15)11(3)6-5-7-12(4)14/h11-12H,1,5-9,14H2,2-4H3. The number of ketones is 1. The lowest BCUT2D eigenvalue weighted by Gasteiger charge is -2.11. The first-order chi connectivity index (χ1) is 6.93. The minimum atomic E-state index is 0.183. The maximum absolute atomic E-state index is 11.7. The van der Waals surface area contributed by atoms with Gasteiger partial charge in [-0.3, -0.25) is 4.79 Å². The van der Waals surface area contributed by atoms with Crippen LogP contribution in [0.5, 0.6) is 0 Å². The van der Waals surface area contributed by atoms with Crippen LogP contribution in [0.15, 0.2) is 12.2 Å². The number of hydrogen-bond donors (Lipinski definition) is 1. The van der Waals surface area contributed by atoms with Crippen molar-refractivity contribution in [3.05, 3.63) is 12.2 Å². The molecule has 2 unspecified atom stereocenters. The zero-order chi connectivity index (χ0) is 11.8. The highest BCUT2D eigenvalue weighted by atomic mass is 16.1. The van der Waals surface area contributed by atoms with E-state index in [9.17, 15) is 4.79 Å². The monoisotopic (exact) mass is 211 g/mol. The van der Waals surface area contributed by atoms with Gasteiger partial charge in [0.1, 0.15) is 5.78 Å². The number of allylic oxidation sites excluding steroid dienone is 1. The molecular weight excluding hydrogens is 186 g/mol. The molecule has 0 radical (unpaired) electrons. The van der Waals surface area contributed by atoms with Crippen molar-refractivity contribution < 1.29 is 4.79 Å². The summed E-state index contributed by atoms with van der Waals surface area (Å²) in [5.74, 6) is 0.547. The topological polar surface area (TPSA) is 43.1 Å². The molecule has 0 aliphatic rings. The summed E-state index contributed by atoms with van der Waals surface area (Å²) in [7, 11) is 0. The third-order valence-corrected chi connectivity index (χ3v) is 2.64. The molecule has 2 nitrogen and oxygen atoms in total. The van der Waals surface area contributed by atoms with Crippen LogP contribution in [0.3, 0.4) is 0 Å². The van der Waals surface area contributed by atoms with Crippen molar-refractivity contribution in [2.45, 2.75) is 58.9 Å². The molecule has 0 saturated carbocycles. The van der Waals surface area contributed by atoms with Gasteiger partial charge in [-0.05, 0) is 33.1 Å². The van der Waals surface area contributed by atoms with Crippen LogP contribution in [0, 0.1) is 5.92 Å². The molecule has 88 valence electrons. The number of nitrogens with two attached hydrogens (primary N) is 1. The maximum Gasteiger partial charge on any atom is 0.136 e. The Bertz CT molecular complexity index is 209. The van der Waals surface area contributed by atoms with E-state index < -0.39 is 0 Å². The molecule has 0 aromatic heterocycles. The van der Waals surface area contributed by atoms with Crippen LogP contribution in [0.1, 0.15) is 52.9 Å². The fourth-order valence-electron chi connectivity index (χ4n) is 1.49. The summed E-state index contributed by atoms with van der Waals surface area (Å²) in [6.45, 7) is 9.79. The molecule has 0 fully saturated rings. The van der Waals surface area contributed by atoms with E-state index in [1.807, 2.05) is 20.8 Å². The molecule has 0 aromatic carbocycles. The zero-order valence-electron chi connectivity index (χ0n) is 10.4. The second kappa shape index (κ2) is 7.63. The first kappa shape index (κ1) is 14.4. The van der Waals surface area contributed by atoms with Crippen LogP contribution < -0.4 is 5.73 Å². The molecule has 0 spiro atoms. The normalized spacial score (nSPS) is 14.7.